The van der Waals surface area contributed by atoms with Crippen molar-refractivity contribution in [2.24, 2.45) is 0 Å². The second-order valence-electron chi connectivity index (χ2n) is 4.69. The minimum Gasteiger partial charge on any atom is -0.494 e. The molecule has 1 fully saturated rings. The van der Waals surface area contributed by atoms with Crippen molar-refractivity contribution in [2.75, 3.05) is 6.61 Å². The smallest absolute Gasteiger partial charge is 0.329 e. The molecule has 0 heterocycles. The first-order valence-electron chi connectivity index (χ1n) is 6.32. The standard InChI is InChI=1S/C14H17NO4/c1-2-19-11-5-3-10(4-6-11)9-12(16)15-14(7-8-14)13(17)18/h3-6H,2,7-9H2,1H3,(H,15,16)(H,17,18). The van der Waals surface area contributed by atoms with E-state index in [1.165, 1.54) is 0 Å². The van der Waals surface area contributed by atoms with Crippen molar-refractivity contribution >= 4 is 11.9 Å². The Morgan fingerprint density at radius 2 is 1.95 bits per heavy atom. The maximum Gasteiger partial charge on any atom is 0.329 e. The van der Waals surface area contributed by atoms with E-state index in [0.29, 0.717) is 19.4 Å². The predicted octanol–water partition coefficient (Wildman–Crippen LogP) is 1.36. The number of nitrogens with one attached hydrogen (secondary N) is 1. The molecule has 1 saturated carbocycles. The van der Waals surface area contributed by atoms with Gasteiger partial charge in [0.1, 0.15) is 11.3 Å². The fourth-order valence-corrected chi connectivity index (χ4v) is 1.88. The lowest BCUT2D eigenvalue weighted by molar-refractivity contribution is -0.143. The molecule has 0 saturated heterocycles. The van der Waals surface area contributed by atoms with Crippen LogP contribution >= 0.6 is 0 Å². The van der Waals surface area contributed by atoms with Crippen LogP contribution < -0.4 is 10.1 Å². The normalized spacial score (nSPS) is 15.6. The number of carbonyl (C=O) groups is 2. The second-order valence-corrected chi connectivity index (χ2v) is 4.69. The number of amides is 1. The summed E-state index contributed by atoms with van der Waals surface area (Å²) in [6.07, 6.45) is 1.20. The van der Waals surface area contributed by atoms with Gasteiger partial charge >= 0.3 is 5.97 Å². The van der Waals surface area contributed by atoms with Crippen LogP contribution in [0.2, 0.25) is 0 Å². The Labute approximate surface area is 111 Å². The van der Waals surface area contributed by atoms with Gasteiger partial charge in [-0.25, -0.2) is 4.79 Å². The number of carbonyl (C=O) groups excluding carboxylic acids is 1. The van der Waals surface area contributed by atoms with E-state index in [4.69, 9.17) is 9.84 Å². The molecule has 1 aliphatic rings. The highest BCUT2D eigenvalue weighted by Crippen LogP contribution is 2.35. The monoisotopic (exact) mass is 263 g/mol. The van der Waals surface area contributed by atoms with E-state index in [9.17, 15) is 9.59 Å². The quantitative estimate of drug-likeness (QED) is 0.812. The Morgan fingerprint density at radius 3 is 2.42 bits per heavy atom. The maximum absolute atomic E-state index is 11.8. The molecule has 0 spiro atoms. The van der Waals surface area contributed by atoms with Crippen LogP contribution in [0.5, 0.6) is 5.75 Å². The summed E-state index contributed by atoms with van der Waals surface area (Å²) in [5.41, 5.74) is -0.176. The van der Waals surface area contributed by atoms with Crippen molar-refractivity contribution in [3.05, 3.63) is 29.8 Å². The van der Waals surface area contributed by atoms with Gasteiger partial charge < -0.3 is 15.2 Å². The van der Waals surface area contributed by atoms with Crippen LogP contribution in [0, 0.1) is 0 Å². The van der Waals surface area contributed by atoms with Gasteiger partial charge in [-0.05, 0) is 37.5 Å². The van der Waals surface area contributed by atoms with E-state index in [-0.39, 0.29) is 12.3 Å². The fourth-order valence-electron chi connectivity index (χ4n) is 1.88. The van der Waals surface area contributed by atoms with Crippen molar-refractivity contribution < 1.29 is 19.4 Å². The average molecular weight is 263 g/mol. The summed E-state index contributed by atoms with van der Waals surface area (Å²) in [5.74, 6) is -0.451. The average Bonchev–Trinajstić information content (AvgIpc) is 3.13. The van der Waals surface area contributed by atoms with Crippen LogP contribution in [0.4, 0.5) is 0 Å². The van der Waals surface area contributed by atoms with Crippen LogP contribution in [-0.2, 0) is 16.0 Å². The number of benzene rings is 1. The molecule has 2 N–H and O–H groups in total. The largest absolute Gasteiger partial charge is 0.494 e. The second kappa shape index (κ2) is 5.30. The van der Waals surface area contributed by atoms with Gasteiger partial charge in [0, 0.05) is 0 Å². The van der Waals surface area contributed by atoms with E-state index >= 15 is 0 Å². The zero-order valence-electron chi connectivity index (χ0n) is 10.8. The topological polar surface area (TPSA) is 75.6 Å². The van der Waals surface area contributed by atoms with Crippen LogP contribution in [0.3, 0.4) is 0 Å². The van der Waals surface area contributed by atoms with Crippen LogP contribution in [0.25, 0.3) is 0 Å². The molecular weight excluding hydrogens is 246 g/mol. The van der Waals surface area contributed by atoms with E-state index < -0.39 is 11.5 Å². The van der Waals surface area contributed by atoms with Crippen LogP contribution in [0.15, 0.2) is 24.3 Å². The Kier molecular flexibility index (Phi) is 3.74. The van der Waals surface area contributed by atoms with Crippen LogP contribution in [-0.4, -0.2) is 29.1 Å². The molecular formula is C14H17NO4. The van der Waals surface area contributed by atoms with Gasteiger partial charge in [-0.1, -0.05) is 12.1 Å². The molecule has 0 atom stereocenters. The first-order valence-corrected chi connectivity index (χ1v) is 6.32. The number of ether oxygens (including phenoxy) is 1. The first kappa shape index (κ1) is 13.4. The third-order valence-corrected chi connectivity index (χ3v) is 3.14. The number of aliphatic carboxylic acids is 1. The molecule has 1 aliphatic carbocycles. The summed E-state index contributed by atoms with van der Waals surface area (Å²) in [4.78, 5) is 22.7. The third kappa shape index (κ3) is 3.24. The van der Waals surface area contributed by atoms with Gasteiger partial charge in [-0.2, -0.15) is 0 Å². The number of rotatable bonds is 6. The molecule has 19 heavy (non-hydrogen) atoms. The van der Waals surface area contributed by atoms with Gasteiger partial charge in [0.05, 0.1) is 13.0 Å². The third-order valence-electron chi connectivity index (χ3n) is 3.14. The van der Waals surface area contributed by atoms with Crippen molar-refractivity contribution in [1.82, 2.24) is 5.32 Å². The van der Waals surface area contributed by atoms with Crippen molar-refractivity contribution in [3.8, 4) is 5.75 Å². The highest BCUT2D eigenvalue weighted by atomic mass is 16.5. The number of carboxylic acid groups (broad SMARTS) is 1. The minimum absolute atomic E-state index is 0.182. The molecule has 0 aliphatic heterocycles. The maximum atomic E-state index is 11.8. The molecule has 5 nitrogen and oxygen atoms in total. The molecule has 2 rings (SSSR count). The van der Waals surface area contributed by atoms with E-state index in [1.807, 2.05) is 19.1 Å². The summed E-state index contributed by atoms with van der Waals surface area (Å²) in [7, 11) is 0. The predicted molar refractivity (Wildman–Crippen MR) is 69.1 cm³/mol. The zero-order chi connectivity index (χ0) is 13.9. The Hall–Kier alpha value is -2.04. The number of hydrogen-bond donors (Lipinski definition) is 2. The van der Waals surface area contributed by atoms with E-state index in [0.717, 1.165) is 11.3 Å². The van der Waals surface area contributed by atoms with Crippen molar-refractivity contribution in [2.45, 2.75) is 31.7 Å². The lowest BCUT2D eigenvalue weighted by Gasteiger charge is -2.12. The van der Waals surface area contributed by atoms with Crippen molar-refractivity contribution in [3.63, 3.8) is 0 Å². The Bertz CT molecular complexity index is 477. The molecule has 0 bridgehead atoms. The molecule has 102 valence electrons. The molecule has 5 heteroatoms. The van der Waals surface area contributed by atoms with Crippen LogP contribution in [0.1, 0.15) is 25.3 Å². The summed E-state index contributed by atoms with van der Waals surface area (Å²) >= 11 is 0. The summed E-state index contributed by atoms with van der Waals surface area (Å²) < 4.78 is 5.31. The Morgan fingerprint density at radius 1 is 1.32 bits per heavy atom. The van der Waals surface area contributed by atoms with Crippen molar-refractivity contribution in [1.29, 1.82) is 0 Å². The summed E-state index contributed by atoms with van der Waals surface area (Å²) in [6.45, 7) is 2.50. The molecule has 1 aromatic carbocycles. The van der Waals surface area contributed by atoms with Gasteiger partial charge in [0.2, 0.25) is 5.91 Å². The van der Waals surface area contributed by atoms with E-state index in [1.54, 1.807) is 12.1 Å². The molecule has 1 amide bonds. The highest BCUT2D eigenvalue weighted by Gasteiger charge is 2.51. The molecule has 0 aromatic heterocycles. The minimum atomic E-state index is -1.01. The molecule has 1 aromatic rings. The summed E-state index contributed by atoms with van der Waals surface area (Å²) in [6, 6.07) is 7.22. The van der Waals surface area contributed by atoms with E-state index in [2.05, 4.69) is 5.32 Å². The van der Waals surface area contributed by atoms with Gasteiger partial charge in [0.25, 0.3) is 0 Å². The lowest BCUT2D eigenvalue weighted by atomic mass is 10.1. The number of carboxylic acids is 1. The molecule has 0 unspecified atom stereocenters. The first-order chi connectivity index (χ1) is 9.05. The van der Waals surface area contributed by atoms with Gasteiger partial charge in [0.15, 0.2) is 0 Å². The fraction of sp³-hybridized carbons (Fsp3) is 0.429. The SMILES string of the molecule is CCOc1ccc(CC(=O)NC2(C(=O)O)CC2)cc1. The lowest BCUT2D eigenvalue weighted by Crippen LogP contribution is -2.43. The zero-order valence-corrected chi connectivity index (χ0v) is 10.8. The Balaban J connectivity index is 1.90. The highest BCUT2D eigenvalue weighted by molar-refractivity contribution is 5.90. The van der Waals surface area contributed by atoms with Gasteiger partial charge in [-0.15, -0.1) is 0 Å². The summed E-state index contributed by atoms with van der Waals surface area (Å²) in [5, 5.41) is 11.6. The molecule has 0 radical (unpaired) electrons. The van der Waals surface area contributed by atoms with Gasteiger partial charge in [-0.3, -0.25) is 4.79 Å². The number of hydrogen-bond acceptors (Lipinski definition) is 3.